The third-order valence-electron chi connectivity index (χ3n) is 2.12. The second kappa shape index (κ2) is 6.87. The molecular weight excluding hydrogens is 190 g/mol. The zero-order chi connectivity index (χ0) is 10.9. The maximum Gasteiger partial charge on any atom is 0.128 e. The van der Waals surface area contributed by atoms with E-state index >= 15 is 0 Å². The van der Waals surface area contributed by atoms with Crippen LogP contribution in [0.25, 0.3) is 0 Å². The van der Waals surface area contributed by atoms with E-state index in [0.717, 1.165) is 17.7 Å². The summed E-state index contributed by atoms with van der Waals surface area (Å²) < 4.78 is 5.59. The quantitative estimate of drug-likeness (QED) is 0.337. The third kappa shape index (κ3) is 4.02. The average molecular weight is 207 g/mol. The summed E-state index contributed by atoms with van der Waals surface area (Å²) in [6.07, 6.45) is 4.80. The van der Waals surface area contributed by atoms with Gasteiger partial charge in [-0.2, -0.15) is 0 Å². The van der Waals surface area contributed by atoms with E-state index in [4.69, 9.17) is 9.94 Å². The Kier molecular flexibility index (Phi) is 5.30. The first-order chi connectivity index (χ1) is 7.38. The predicted molar refractivity (Wildman–Crippen MR) is 60.8 cm³/mol. The summed E-state index contributed by atoms with van der Waals surface area (Å²) in [5.41, 5.74) is 0.802. The van der Waals surface area contributed by atoms with E-state index < -0.39 is 0 Å². The fourth-order valence-electron chi connectivity index (χ4n) is 1.32. The lowest BCUT2D eigenvalue weighted by atomic mass is 10.2. The van der Waals surface area contributed by atoms with Crippen molar-refractivity contribution in [3.8, 4) is 5.75 Å². The normalized spacial score (nSPS) is 10.7. The second-order valence-electron chi connectivity index (χ2n) is 3.34. The first-order valence-electron chi connectivity index (χ1n) is 5.27. The SMILES string of the molecule is CCCCCOc1ccccc1/C=N/O. The molecule has 0 radical (unpaired) electrons. The number of rotatable bonds is 6. The number of nitrogens with zero attached hydrogens (tertiary/aromatic N) is 1. The van der Waals surface area contributed by atoms with E-state index in [0.29, 0.717) is 6.61 Å². The molecule has 1 N–H and O–H groups in total. The van der Waals surface area contributed by atoms with Gasteiger partial charge in [-0.1, -0.05) is 37.1 Å². The molecule has 0 aliphatic rings. The van der Waals surface area contributed by atoms with Crippen LogP contribution in [-0.2, 0) is 0 Å². The van der Waals surface area contributed by atoms with Gasteiger partial charge >= 0.3 is 0 Å². The summed E-state index contributed by atoms with van der Waals surface area (Å²) in [5.74, 6) is 0.770. The molecule has 15 heavy (non-hydrogen) atoms. The number of benzene rings is 1. The molecule has 0 aromatic heterocycles. The number of para-hydroxylation sites is 1. The van der Waals surface area contributed by atoms with E-state index in [1.165, 1.54) is 19.1 Å². The number of oxime groups is 1. The predicted octanol–water partition coefficient (Wildman–Crippen LogP) is 3.06. The van der Waals surface area contributed by atoms with E-state index in [1.54, 1.807) is 0 Å². The molecule has 0 saturated heterocycles. The Labute approximate surface area is 90.4 Å². The van der Waals surface area contributed by atoms with Gasteiger partial charge in [-0.15, -0.1) is 0 Å². The highest BCUT2D eigenvalue weighted by atomic mass is 16.5. The summed E-state index contributed by atoms with van der Waals surface area (Å²) in [7, 11) is 0. The minimum Gasteiger partial charge on any atom is -0.493 e. The molecule has 0 atom stereocenters. The van der Waals surface area contributed by atoms with Crippen molar-refractivity contribution in [1.82, 2.24) is 0 Å². The minimum atomic E-state index is 0.712. The topological polar surface area (TPSA) is 41.8 Å². The molecule has 0 fully saturated rings. The monoisotopic (exact) mass is 207 g/mol. The van der Waals surface area contributed by atoms with Crippen LogP contribution in [0.5, 0.6) is 5.75 Å². The first kappa shape index (κ1) is 11.6. The lowest BCUT2D eigenvalue weighted by Crippen LogP contribution is -1.99. The summed E-state index contributed by atoms with van der Waals surface area (Å²) in [6, 6.07) is 7.53. The van der Waals surface area contributed by atoms with Crippen molar-refractivity contribution in [3.05, 3.63) is 29.8 Å². The van der Waals surface area contributed by atoms with Gasteiger partial charge in [-0.3, -0.25) is 0 Å². The molecule has 3 nitrogen and oxygen atoms in total. The van der Waals surface area contributed by atoms with Crippen LogP contribution in [0.3, 0.4) is 0 Å². The van der Waals surface area contributed by atoms with E-state index in [2.05, 4.69) is 12.1 Å². The van der Waals surface area contributed by atoms with Gasteiger partial charge in [0.05, 0.1) is 12.8 Å². The van der Waals surface area contributed by atoms with Crippen LogP contribution in [0, 0.1) is 0 Å². The van der Waals surface area contributed by atoms with Gasteiger partial charge in [0, 0.05) is 5.56 Å². The number of ether oxygens (including phenoxy) is 1. The van der Waals surface area contributed by atoms with Crippen LogP contribution in [0.4, 0.5) is 0 Å². The summed E-state index contributed by atoms with van der Waals surface area (Å²) in [5, 5.41) is 11.5. The van der Waals surface area contributed by atoms with Gasteiger partial charge in [0.1, 0.15) is 5.75 Å². The highest BCUT2D eigenvalue weighted by molar-refractivity contribution is 5.82. The molecule has 3 heteroatoms. The molecule has 1 aromatic rings. The molecule has 82 valence electrons. The Balaban J connectivity index is 2.51. The molecule has 0 unspecified atom stereocenters. The highest BCUT2D eigenvalue weighted by Crippen LogP contribution is 2.16. The molecule has 0 saturated carbocycles. The van der Waals surface area contributed by atoms with Crippen LogP contribution in [0.2, 0.25) is 0 Å². The third-order valence-corrected chi connectivity index (χ3v) is 2.12. The second-order valence-corrected chi connectivity index (χ2v) is 3.34. The van der Waals surface area contributed by atoms with Crippen molar-refractivity contribution in [2.24, 2.45) is 5.16 Å². The van der Waals surface area contributed by atoms with Crippen LogP contribution in [0.15, 0.2) is 29.4 Å². The fraction of sp³-hybridized carbons (Fsp3) is 0.417. The summed E-state index contributed by atoms with van der Waals surface area (Å²) in [4.78, 5) is 0. The Morgan fingerprint density at radius 2 is 2.13 bits per heavy atom. The first-order valence-corrected chi connectivity index (χ1v) is 5.27. The maximum absolute atomic E-state index is 8.47. The van der Waals surface area contributed by atoms with Gasteiger partial charge in [0.25, 0.3) is 0 Å². The van der Waals surface area contributed by atoms with E-state index in [9.17, 15) is 0 Å². The van der Waals surface area contributed by atoms with Crippen molar-refractivity contribution in [1.29, 1.82) is 0 Å². The van der Waals surface area contributed by atoms with Crippen molar-refractivity contribution in [2.75, 3.05) is 6.61 Å². The van der Waals surface area contributed by atoms with Crippen LogP contribution in [0.1, 0.15) is 31.7 Å². The maximum atomic E-state index is 8.47. The largest absolute Gasteiger partial charge is 0.493 e. The zero-order valence-electron chi connectivity index (χ0n) is 9.02. The van der Waals surface area contributed by atoms with Crippen LogP contribution >= 0.6 is 0 Å². The number of unbranched alkanes of at least 4 members (excludes halogenated alkanes) is 2. The lowest BCUT2D eigenvalue weighted by Gasteiger charge is -2.07. The molecule has 0 heterocycles. The molecule has 0 aliphatic heterocycles. The molecule has 0 bridgehead atoms. The Morgan fingerprint density at radius 1 is 1.33 bits per heavy atom. The molecule has 0 amide bonds. The van der Waals surface area contributed by atoms with Crippen molar-refractivity contribution in [3.63, 3.8) is 0 Å². The number of hydrogen-bond donors (Lipinski definition) is 1. The number of hydrogen-bond acceptors (Lipinski definition) is 3. The molecule has 0 aliphatic carbocycles. The van der Waals surface area contributed by atoms with Crippen LogP contribution < -0.4 is 4.74 Å². The molecular formula is C12H17NO2. The standard InChI is InChI=1S/C12H17NO2/c1-2-3-6-9-15-12-8-5-4-7-11(12)10-13-14/h4-5,7-8,10,14H,2-3,6,9H2,1H3/b13-10+. The van der Waals surface area contributed by atoms with Gasteiger partial charge in [0.2, 0.25) is 0 Å². The van der Waals surface area contributed by atoms with Crippen molar-refractivity contribution < 1.29 is 9.94 Å². The molecule has 1 aromatic carbocycles. The zero-order valence-corrected chi connectivity index (χ0v) is 9.02. The van der Waals surface area contributed by atoms with Gasteiger partial charge in [-0.05, 0) is 18.6 Å². The minimum absolute atomic E-state index is 0.712. The molecule has 0 spiro atoms. The lowest BCUT2D eigenvalue weighted by molar-refractivity contribution is 0.304. The van der Waals surface area contributed by atoms with Gasteiger partial charge < -0.3 is 9.94 Å². The highest BCUT2D eigenvalue weighted by Gasteiger charge is 1.99. The van der Waals surface area contributed by atoms with Crippen LogP contribution in [-0.4, -0.2) is 18.0 Å². The van der Waals surface area contributed by atoms with E-state index in [1.807, 2.05) is 24.3 Å². The van der Waals surface area contributed by atoms with Gasteiger partial charge in [-0.25, -0.2) is 0 Å². The Bertz CT molecular complexity index is 310. The Morgan fingerprint density at radius 3 is 2.87 bits per heavy atom. The fourth-order valence-corrected chi connectivity index (χ4v) is 1.32. The Hall–Kier alpha value is -1.51. The van der Waals surface area contributed by atoms with Crippen molar-refractivity contribution >= 4 is 6.21 Å². The average Bonchev–Trinajstić information content (AvgIpc) is 2.27. The van der Waals surface area contributed by atoms with Gasteiger partial charge in [0.15, 0.2) is 0 Å². The van der Waals surface area contributed by atoms with E-state index in [-0.39, 0.29) is 0 Å². The van der Waals surface area contributed by atoms with Crippen molar-refractivity contribution in [2.45, 2.75) is 26.2 Å². The summed E-state index contributed by atoms with van der Waals surface area (Å²) >= 11 is 0. The smallest absolute Gasteiger partial charge is 0.128 e. The molecule has 1 rings (SSSR count). The summed E-state index contributed by atoms with van der Waals surface area (Å²) in [6.45, 7) is 2.87.